The first-order chi connectivity index (χ1) is 10.7. The van der Waals surface area contributed by atoms with Crippen molar-refractivity contribution in [3.8, 4) is 0 Å². The number of pyridine rings is 1. The Balaban J connectivity index is 0.00000192. The number of guanidine groups is 1. The summed E-state index contributed by atoms with van der Waals surface area (Å²) in [7, 11) is 1.86. The molecule has 0 spiro atoms. The van der Waals surface area contributed by atoms with Crippen LogP contribution in [0.25, 0.3) is 5.65 Å². The van der Waals surface area contributed by atoms with Crippen molar-refractivity contribution in [1.29, 1.82) is 0 Å². The van der Waals surface area contributed by atoms with Crippen molar-refractivity contribution >= 4 is 35.6 Å². The summed E-state index contributed by atoms with van der Waals surface area (Å²) in [6.45, 7) is 7.31. The molecule has 23 heavy (non-hydrogen) atoms. The standard InChI is InChI=1S/C17H25N5.HI/c1-13-7-9-21(10-8-13)17(18-3)19-11-15-12-22-14(2)5-4-6-16(22)20-15;/h4-6,12-13H,7-11H2,1-3H3,(H,18,19);1H. The molecule has 3 rings (SSSR count). The summed E-state index contributed by atoms with van der Waals surface area (Å²) in [5.41, 5.74) is 3.24. The molecule has 0 aliphatic carbocycles. The molecule has 2 aromatic heterocycles. The first-order valence-corrected chi connectivity index (χ1v) is 8.06. The average Bonchev–Trinajstić information content (AvgIpc) is 2.94. The maximum atomic E-state index is 4.66. The van der Waals surface area contributed by atoms with Crippen LogP contribution in [-0.4, -0.2) is 40.4 Å². The molecule has 1 saturated heterocycles. The lowest BCUT2D eigenvalue weighted by atomic mass is 10.00. The topological polar surface area (TPSA) is 44.9 Å². The Morgan fingerprint density at radius 2 is 2.09 bits per heavy atom. The Hall–Kier alpha value is -1.31. The van der Waals surface area contributed by atoms with Crippen molar-refractivity contribution < 1.29 is 0 Å². The molecule has 0 unspecified atom stereocenters. The molecule has 0 radical (unpaired) electrons. The zero-order valence-electron chi connectivity index (χ0n) is 14.1. The van der Waals surface area contributed by atoms with E-state index in [0.717, 1.165) is 36.3 Å². The molecule has 6 heteroatoms. The van der Waals surface area contributed by atoms with Gasteiger partial charge in [0.05, 0.1) is 12.2 Å². The van der Waals surface area contributed by atoms with Gasteiger partial charge in [0.25, 0.3) is 0 Å². The summed E-state index contributed by atoms with van der Waals surface area (Å²) in [4.78, 5) is 11.4. The number of hydrogen-bond acceptors (Lipinski definition) is 2. The summed E-state index contributed by atoms with van der Waals surface area (Å²) < 4.78 is 2.13. The number of imidazole rings is 1. The van der Waals surface area contributed by atoms with E-state index in [1.54, 1.807) is 0 Å². The van der Waals surface area contributed by atoms with E-state index >= 15 is 0 Å². The van der Waals surface area contributed by atoms with Gasteiger partial charge in [0.1, 0.15) is 5.65 Å². The van der Waals surface area contributed by atoms with Crippen LogP contribution in [0.3, 0.4) is 0 Å². The predicted octanol–water partition coefficient (Wildman–Crippen LogP) is 3.07. The second kappa shape index (κ2) is 7.99. The molecule has 1 aliphatic heterocycles. The molecule has 5 nitrogen and oxygen atoms in total. The van der Waals surface area contributed by atoms with Gasteiger partial charge < -0.3 is 14.6 Å². The Morgan fingerprint density at radius 3 is 2.74 bits per heavy atom. The highest BCUT2D eigenvalue weighted by Crippen LogP contribution is 2.16. The number of nitrogens with zero attached hydrogens (tertiary/aromatic N) is 4. The van der Waals surface area contributed by atoms with Crippen molar-refractivity contribution in [1.82, 2.24) is 19.6 Å². The van der Waals surface area contributed by atoms with E-state index in [4.69, 9.17) is 0 Å². The van der Waals surface area contributed by atoms with Crippen LogP contribution in [0, 0.1) is 12.8 Å². The van der Waals surface area contributed by atoms with Crippen LogP contribution in [0.2, 0.25) is 0 Å². The quantitative estimate of drug-likeness (QED) is 0.455. The molecular formula is C17H26IN5. The van der Waals surface area contributed by atoms with Crippen molar-refractivity contribution in [3.63, 3.8) is 0 Å². The van der Waals surface area contributed by atoms with Crippen LogP contribution in [-0.2, 0) is 6.54 Å². The van der Waals surface area contributed by atoms with Gasteiger partial charge >= 0.3 is 0 Å². The lowest BCUT2D eigenvalue weighted by molar-refractivity contribution is 0.273. The fourth-order valence-corrected chi connectivity index (χ4v) is 3.01. The van der Waals surface area contributed by atoms with Gasteiger partial charge in [-0.2, -0.15) is 0 Å². The first kappa shape index (κ1) is 18.0. The molecule has 0 saturated carbocycles. The van der Waals surface area contributed by atoms with E-state index in [1.807, 2.05) is 19.2 Å². The Labute approximate surface area is 155 Å². The first-order valence-electron chi connectivity index (χ1n) is 8.06. The molecule has 1 aliphatic rings. The highest BCUT2D eigenvalue weighted by Gasteiger charge is 2.18. The summed E-state index contributed by atoms with van der Waals surface area (Å²) in [6.07, 6.45) is 4.59. The van der Waals surface area contributed by atoms with E-state index in [0.29, 0.717) is 6.54 Å². The molecule has 1 fully saturated rings. The molecule has 1 N–H and O–H groups in total. The summed E-state index contributed by atoms with van der Waals surface area (Å²) >= 11 is 0. The minimum absolute atomic E-state index is 0. The fraction of sp³-hybridized carbons (Fsp3) is 0.529. The highest BCUT2D eigenvalue weighted by atomic mass is 127. The van der Waals surface area contributed by atoms with Crippen LogP contribution < -0.4 is 5.32 Å². The number of nitrogens with one attached hydrogen (secondary N) is 1. The number of halogens is 1. The van der Waals surface area contributed by atoms with Gasteiger partial charge in [0.15, 0.2) is 5.96 Å². The maximum Gasteiger partial charge on any atom is 0.193 e. The van der Waals surface area contributed by atoms with Crippen LogP contribution >= 0.6 is 24.0 Å². The molecular weight excluding hydrogens is 401 g/mol. The number of likely N-dealkylation sites (tertiary alicyclic amines) is 1. The van der Waals surface area contributed by atoms with Gasteiger partial charge in [0, 0.05) is 32.0 Å². The van der Waals surface area contributed by atoms with Crippen molar-refractivity contribution in [2.45, 2.75) is 33.2 Å². The number of aliphatic imine (C=N–C) groups is 1. The lowest BCUT2D eigenvalue weighted by Gasteiger charge is -2.32. The summed E-state index contributed by atoms with van der Waals surface area (Å²) in [5, 5.41) is 3.45. The van der Waals surface area contributed by atoms with Crippen LogP contribution in [0.1, 0.15) is 31.2 Å². The molecule has 3 heterocycles. The highest BCUT2D eigenvalue weighted by molar-refractivity contribution is 14.0. The largest absolute Gasteiger partial charge is 0.351 e. The minimum atomic E-state index is 0. The molecule has 126 valence electrons. The zero-order valence-corrected chi connectivity index (χ0v) is 16.4. The van der Waals surface area contributed by atoms with E-state index in [1.165, 1.54) is 18.5 Å². The average molecular weight is 427 g/mol. The third kappa shape index (κ3) is 4.16. The second-order valence-corrected chi connectivity index (χ2v) is 6.20. The number of hydrogen-bond donors (Lipinski definition) is 1. The van der Waals surface area contributed by atoms with Crippen molar-refractivity contribution in [3.05, 3.63) is 35.8 Å². The third-order valence-corrected chi connectivity index (χ3v) is 4.47. The number of aromatic nitrogens is 2. The fourth-order valence-electron chi connectivity index (χ4n) is 3.01. The van der Waals surface area contributed by atoms with E-state index in [-0.39, 0.29) is 24.0 Å². The zero-order chi connectivity index (χ0) is 15.5. The van der Waals surface area contributed by atoms with Crippen LogP contribution in [0.4, 0.5) is 0 Å². The minimum Gasteiger partial charge on any atom is -0.351 e. The Bertz CT molecular complexity index is 671. The maximum absolute atomic E-state index is 4.66. The summed E-state index contributed by atoms with van der Waals surface area (Å²) in [6, 6.07) is 6.18. The van der Waals surface area contributed by atoms with Crippen molar-refractivity contribution in [2.24, 2.45) is 10.9 Å². The molecule has 0 bridgehead atoms. The number of fused-ring (bicyclic) bond motifs is 1. The second-order valence-electron chi connectivity index (χ2n) is 6.20. The van der Waals surface area contributed by atoms with E-state index in [9.17, 15) is 0 Å². The number of aryl methyl sites for hydroxylation is 1. The van der Waals surface area contributed by atoms with Gasteiger partial charge in [-0.05, 0) is 37.8 Å². The van der Waals surface area contributed by atoms with Crippen LogP contribution in [0.5, 0.6) is 0 Å². The SMILES string of the molecule is CN=C(NCc1cn2c(C)cccc2n1)N1CCC(C)CC1.I. The van der Waals surface area contributed by atoms with Gasteiger partial charge in [-0.1, -0.05) is 13.0 Å². The van der Waals surface area contributed by atoms with E-state index < -0.39 is 0 Å². The monoisotopic (exact) mass is 427 g/mol. The Morgan fingerprint density at radius 1 is 1.35 bits per heavy atom. The molecule has 0 aromatic carbocycles. The Kier molecular flexibility index (Phi) is 6.26. The van der Waals surface area contributed by atoms with Crippen LogP contribution in [0.15, 0.2) is 29.4 Å². The van der Waals surface area contributed by atoms with Gasteiger partial charge in [-0.3, -0.25) is 4.99 Å². The number of rotatable bonds is 2. The van der Waals surface area contributed by atoms with Crippen molar-refractivity contribution in [2.75, 3.05) is 20.1 Å². The third-order valence-electron chi connectivity index (χ3n) is 4.47. The van der Waals surface area contributed by atoms with Gasteiger partial charge in [-0.25, -0.2) is 4.98 Å². The van der Waals surface area contributed by atoms with Gasteiger partial charge in [-0.15, -0.1) is 24.0 Å². The molecule has 0 amide bonds. The predicted molar refractivity (Wildman–Crippen MR) is 106 cm³/mol. The van der Waals surface area contributed by atoms with E-state index in [2.05, 4.69) is 50.7 Å². The smallest absolute Gasteiger partial charge is 0.193 e. The van der Waals surface area contributed by atoms with Gasteiger partial charge in [0.2, 0.25) is 0 Å². The summed E-state index contributed by atoms with van der Waals surface area (Å²) in [5.74, 6) is 1.82. The number of piperidine rings is 1. The lowest BCUT2D eigenvalue weighted by Crippen LogP contribution is -2.45. The normalized spacial score (nSPS) is 16.5. The molecule has 0 atom stereocenters. The molecule has 2 aromatic rings.